The zero-order chi connectivity index (χ0) is 20.5. The lowest BCUT2D eigenvalue weighted by molar-refractivity contribution is 0.102. The summed E-state index contributed by atoms with van der Waals surface area (Å²) < 4.78 is 40.6. The van der Waals surface area contributed by atoms with Crippen LogP contribution < -0.4 is 5.32 Å². The Morgan fingerprint density at radius 1 is 0.897 bits per heavy atom. The van der Waals surface area contributed by atoms with Crippen LogP contribution in [0.5, 0.6) is 0 Å². The number of carbonyl (C=O) groups excluding carboxylic acids is 1. The molecule has 7 heteroatoms. The van der Waals surface area contributed by atoms with Crippen molar-refractivity contribution in [3.05, 3.63) is 94.8 Å². The lowest BCUT2D eigenvalue weighted by atomic mass is 10.0. The number of anilines is 1. The van der Waals surface area contributed by atoms with Crippen molar-refractivity contribution in [1.29, 1.82) is 0 Å². The molecule has 29 heavy (non-hydrogen) atoms. The number of rotatable bonds is 3. The number of nitrogens with one attached hydrogen (secondary N) is 1. The summed E-state index contributed by atoms with van der Waals surface area (Å²) in [6, 6.07) is 17.2. The number of carbonyl (C=O) groups is 1. The van der Waals surface area contributed by atoms with Crippen LogP contribution in [-0.2, 0) is 0 Å². The van der Waals surface area contributed by atoms with Gasteiger partial charge >= 0.3 is 0 Å². The van der Waals surface area contributed by atoms with Gasteiger partial charge in [0.1, 0.15) is 0 Å². The molecule has 0 aliphatic rings. The molecular formula is C22H12ClF3N2O. The number of fused-ring (bicyclic) bond motifs is 1. The number of nitrogens with zero attached hydrogens (tertiary/aromatic N) is 1. The van der Waals surface area contributed by atoms with Gasteiger partial charge in [-0.05, 0) is 30.3 Å². The van der Waals surface area contributed by atoms with Crippen LogP contribution >= 0.6 is 11.6 Å². The highest BCUT2D eigenvalue weighted by Gasteiger charge is 2.19. The SMILES string of the molecule is O=C(Nc1ccc(F)c(F)c1F)c1cc(-c2ccccc2Cl)nc2ccccc12. The number of hydrogen-bond acceptors (Lipinski definition) is 2. The Labute approximate surface area is 168 Å². The molecule has 1 aromatic heterocycles. The summed E-state index contributed by atoms with van der Waals surface area (Å²) in [4.78, 5) is 17.4. The van der Waals surface area contributed by atoms with E-state index >= 15 is 0 Å². The van der Waals surface area contributed by atoms with Crippen LogP contribution in [0.3, 0.4) is 0 Å². The van der Waals surface area contributed by atoms with Crippen LogP contribution in [-0.4, -0.2) is 10.9 Å². The van der Waals surface area contributed by atoms with Gasteiger partial charge < -0.3 is 5.32 Å². The summed E-state index contributed by atoms with van der Waals surface area (Å²) in [7, 11) is 0. The first-order valence-corrected chi connectivity index (χ1v) is 8.93. The van der Waals surface area contributed by atoms with E-state index < -0.39 is 29.0 Å². The average Bonchev–Trinajstić information content (AvgIpc) is 2.73. The van der Waals surface area contributed by atoms with Crippen molar-refractivity contribution >= 4 is 34.1 Å². The first-order valence-electron chi connectivity index (χ1n) is 8.55. The Bertz CT molecular complexity index is 1260. The van der Waals surface area contributed by atoms with Gasteiger partial charge in [0.05, 0.1) is 22.5 Å². The quantitative estimate of drug-likeness (QED) is 0.405. The molecule has 4 rings (SSSR count). The zero-order valence-electron chi connectivity index (χ0n) is 14.7. The van der Waals surface area contributed by atoms with Gasteiger partial charge in [0, 0.05) is 16.0 Å². The summed E-state index contributed by atoms with van der Waals surface area (Å²) in [5.74, 6) is -5.15. The number of pyridine rings is 1. The molecule has 0 saturated carbocycles. The van der Waals surface area contributed by atoms with Gasteiger partial charge in [0.15, 0.2) is 17.5 Å². The Morgan fingerprint density at radius 3 is 2.41 bits per heavy atom. The molecule has 0 radical (unpaired) electrons. The van der Waals surface area contributed by atoms with E-state index in [4.69, 9.17) is 11.6 Å². The molecule has 144 valence electrons. The Balaban J connectivity index is 1.83. The Kier molecular flexibility index (Phi) is 4.94. The summed E-state index contributed by atoms with van der Waals surface area (Å²) in [5, 5.41) is 3.27. The highest BCUT2D eigenvalue weighted by molar-refractivity contribution is 6.33. The van der Waals surface area contributed by atoms with Crippen LogP contribution in [0.15, 0.2) is 66.7 Å². The highest BCUT2D eigenvalue weighted by Crippen LogP contribution is 2.30. The minimum Gasteiger partial charge on any atom is -0.319 e. The minimum absolute atomic E-state index is 0.189. The van der Waals surface area contributed by atoms with Gasteiger partial charge in [-0.25, -0.2) is 18.2 Å². The standard InChI is InChI=1S/C22H12ClF3N2O/c23-15-7-3-1-6-13(15)19-11-14(12-5-2-4-8-17(12)27-19)22(29)28-18-10-9-16(24)20(25)21(18)26/h1-11H,(H,28,29). The molecule has 0 saturated heterocycles. The molecule has 0 atom stereocenters. The van der Waals surface area contributed by atoms with Gasteiger partial charge in [-0.15, -0.1) is 0 Å². The van der Waals surface area contributed by atoms with Crippen molar-refractivity contribution in [2.24, 2.45) is 0 Å². The van der Waals surface area contributed by atoms with E-state index in [0.29, 0.717) is 27.2 Å². The van der Waals surface area contributed by atoms with Crippen LogP contribution in [0, 0.1) is 17.5 Å². The van der Waals surface area contributed by atoms with Crippen molar-refractivity contribution in [2.45, 2.75) is 0 Å². The molecule has 1 amide bonds. The third-order valence-corrected chi connectivity index (χ3v) is 4.72. The number of para-hydroxylation sites is 1. The highest BCUT2D eigenvalue weighted by atomic mass is 35.5. The van der Waals surface area contributed by atoms with Crippen LogP contribution in [0.2, 0.25) is 5.02 Å². The molecule has 1 N–H and O–H groups in total. The van der Waals surface area contributed by atoms with E-state index in [9.17, 15) is 18.0 Å². The first kappa shape index (κ1) is 19.0. The molecule has 0 spiro atoms. The molecule has 0 aliphatic heterocycles. The van der Waals surface area contributed by atoms with E-state index in [1.807, 2.05) is 0 Å². The number of halogens is 4. The molecule has 3 aromatic carbocycles. The van der Waals surface area contributed by atoms with Crippen molar-refractivity contribution in [3.63, 3.8) is 0 Å². The van der Waals surface area contributed by atoms with Gasteiger partial charge in [-0.3, -0.25) is 4.79 Å². The Hall–Kier alpha value is -3.38. The molecule has 0 aliphatic carbocycles. The van der Waals surface area contributed by atoms with Crippen molar-refractivity contribution in [3.8, 4) is 11.3 Å². The maximum absolute atomic E-state index is 14.0. The fourth-order valence-electron chi connectivity index (χ4n) is 2.98. The van der Waals surface area contributed by atoms with Gasteiger partial charge in [-0.2, -0.15) is 0 Å². The average molecular weight is 413 g/mol. The second-order valence-corrected chi connectivity index (χ2v) is 6.64. The summed E-state index contributed by atoms with van der Waals surface area (Å²) in [5.41, 5.74) is 1.32. The summed E-state index contributed by atoms with van der Waals surface area (Å²) in [6.45, 7) is 0. The smallest absolute Gasteiger partial charge is 0.256 e. The fraction of sp³-hybridized carbons (Fsp3) is 0. The minimum atomic E-state index is -1.65. The molecule has 0 bridgehead atoms. The maximum atomic E-state index is 14.0. The molecular weight excluding hydrogens is 401 g/mol. The molecule has 0 unspecified atom stereocenters. The predicted molar refractivity (Wildman–Crippen MR) is 106 cm³/mol. The number of amides is 1. The normalized spacial score (nSPS) is 10.9. The van der Waals surface area contributed by atoms with Crippen LogP contribution in [0.4, 0.5) is 18.9 Å². The second kappa shape index (κ2) is 7.56. The third kappa shape index (κ3) is 3.54. The number of aromatic nitrogens is 1. The van der Waals surface area contributed by atoms with Gasteiger partial charge in [-0.1, -0.05) is 48.0 Å². The Morgan fingerprint density at radius 2 is 1.62 bits per heavy atom. The monoisotopic (exact) mass is 412 g/mol. The molecule has 0 fully saturated rings. The number of benzene rings is 3. The summed E-state index contributed by atoms with van der Waals surface area (Å²) >= 11 is 6.26. The van der Waals surface area contributed by atoms with E-state index in [1.54, 1.807) is 48.5 Å². The lowest BCUT2D eigenvalue weighted by Crippen LogP contribution is -2.15. The zero-order valence-corrected chi connectivity index (χ0v) is 15.5. The van der Waals surface area contributed by atoms with E-state index in [-0.39, 0.29) is 5.56 Å². The third-order valence-electron chi connectivity index (χ3n) is 4.39. The number of hydrogen-bond donors (Lipinski definition) is 1. The van der Waals surface area contributed by atoms with Crippen LogP contribution in [0.1, 0.15) is 10.4 Å². The van der Waals surface area contributed by atoms with E-state index in [1.165, 1.54) is 6.07 Å². The van der Waals surface area contributed by atoms with E-state index in [0.717, 1.165) is 12.1 Å². The van der Waals surface area contributed by atoms with E-state index in [2.05, 4.69) is 10.3 Å². The molecule has 4 aromatic rings. The topological polar surface area (TPSA) is 42.0 Å². The van der Waals surface area contributed by atoms with Crippen LogP contribution in [0.25, 0.3) is 22.2 Å². The van der Waals surface area contributed by atoms with Crippen molar-refractivity contribution in [1.82, 2.24) is 4.98 Å². The predicted octanol–water partition coefficient (Wildman–Crippen LogP) is 6.22. The van der Waals surface area contributed by atoms with Gasteiger partial charge in [0.2, 0.25) is 0 Å². The second-order valence-electron chi connectivity index (χ2n) is 6.23. The van der Waals surface area contributed by atoms with Gasteiger partial charge in [0.25, 0.3) is 5.91 Å². The van der Waals surface area contributed by atoms with Crippen molar-refractivity contribution in [2.75, 3.05) is 5.32 Å². The van der Waals surface area contributed by atoms with Crippen molar-refractivity contribution < 1.29 is 18.0 Å². The maximum Gasteiger partial charge on any atom is 0.256 e. The summed E-state index contributed by atoms with van der Waals surface area (Å²) in [6.07, 6.45) is 0. The largest absolute Gasteiger partial charge is 0.319 e. The first-order chi connectivity index (χ1) is 14.0. The fourth-order valence-corrected chi connectivity index (χ4v) is 3.21. The lowest BCUT2D eigenvalue weighted by Gasteiger charge is -2.12. The molecule has 3 nitrogen and oxygen atoms in total. The molecule has 1 heterocycles.